The van der Waals surface area contributed by atoms with Crippen LogP contribution >= 0.6 is 11.8 Å². The molecule has 1 fully saturated rings. The molecule has 0 bridgehead atoms. The Morgan fingerprint density at radius 1 is 1.00 bits per heavy atom. The first-order valence-electron chi connectivity index (χ1n) is 14.9. The molecule has 0 spiro atoms. The van der Waals surface area contributed by atoms with E-state index in [4.69, 9.17) is 15.6 Å². The number of aliphatic hydroxyl groups is 1. The van der Waals surface area contributed by atoms with Gasteiger partial charge >= 0.3 is 5.97 Å². The molecule has 3 aromatic rings. The van der Waals surface area contributed by atoms with Gasteiger partial charge in [-0.1, -0.05) is 38.1 Å². The van der Waals surface area contributed by atoms with Crippen LogP contribution in [0.3, 0.4) is 0 Å². The van der Waals surface area contributed by atoms with E-state index in [0.717, 1.165) is 5.56 Å². The van der Waals surface area contributed by atoms with Crippen molar-refractivity contribution in [3.8, 4) is 5.75 Å². The second kappa shape index (κ2) is 15.5. The normalized spacial score (nSPS) is 17.4. The van der Waals surface area contributed by atoms with Crippen molar-refractivity contribution in [3.63, 3.8) is 0 Å². The fraction of sp³-hybridized carbons (Fsp3) is 0.353. The Morgan fingerprint density at radius 2 is 1.60 bits per heavy atom. The third kappa shape index (κ3) is 9.60. The van der Waals surface area contributed by atoms with Crippen LogP contribution in [0.25, 0.3) is 0 Å². The van der Waals surface area contributed by atoms with E-state index < -0.39 is 52.4 Å². The minimum absolute atomic E-state index is 0.0413. The van der Waals surface area contributed by atoms with Gasteiger partial charge in [-0.3, -0.25) is 19.2 Å². The summed E-state index contributed by atoms with van der Waals surface area (Å²) in [5, 5.41) is 21.6. The standard InChI is InChI=1S/C34H37F2N3O7S/c1-34(2,16-27(37)33(44)45)15-25(40)17-38-29(42)18-46-26-13-5-21(6-14-26)30-31(32(43)39(30)24-11-9-23(36)10-12-24)47-19-28(41)20-3-7-22(35)8-4-20/h3-14,27-28,30-31,41H,15-19,37H2,1-2H3,(H,38,42)(H,44,45)/t27?,28?,30-,31-/m1/s1. The molecular weight excluding hydrogens is 632 g/mol. The lowest BCUT2D eigenvalue weighted by Crippen LogP contribution is -2.57. The first-order valence-corrected chi connectivity index (χ1v) is 15.9. The molecule has 2 unspecified atom stereocenters. The average Bonchev–Trinajstić information content (AvgIpc) is 3.02. The Bertz CT molecular complexity index is 1570. The number of aliphatic carboxylic acids is 1. The van der Waals surface area contributed by atoms with Gasteiger partial charge in [-0.05, 0) is 71.5 Å². The molecule has 250 valence electrons. The highest BCUT2D eigenvalue weighted by Crippen LogP contribution is 2.46. The predicted octanol–water partition coefficient (Wildman–Crippen LogP) is 4.17. The molecule has 0 aliphatic carbocycles. The van der Waals surface area contributed by atoms with Gasteiger partial charge < -0.3 is 30.9 Å². The summed E-state index contributed by atoms with van der Waals surface area (Å²) in [6.45, 7) is 2.87. The number of carboxylic acid groups (broad SMARTS) is 1. The number of halogens is 2. The number of benzene rings is 3. The minimum atomic E-state index is -1.15. The van der Waals surface area contributed by atoms with E-state index in [1.165, 1.54) is 60.3 Å². The number of rotatable bonds is 16. The predicted molar refractivity (Wildman–Crippen MR) is 173 cm³/mol. The van der Waals surface area contributed by atoms with Crippen molar-refractivity contribution in [2.45, 2.75) is 50.1 Å². The van der Waals surface area contributed by atoms with Crippen molar-refractivity contribution in [3.05, 3.63) is 95.6 Å². The number of hydrogen-bond acceptors (Lipinski definition) is 8. The number of amides is 2. The number of carbonyl (C=O) groups is 4. The van der Waals surface area contributed by atoms with Gasteiger partial charge in [-0.2, -0.15) is 0 Å². The van der Waals surface area contributed by atoms with Gasteiger partial charge in [0.15, 0.2) is 12.4 Å². The topological polar surface area (TPSA) is 159 Å². The van der Waals surface area contributed by atoms with Gasteiger partial charge in [0.05, 0.1) is 18.7 Å². The highest BCUT2D eigenvalue weighted by Gasteiger charge is 2.49. The van der Waals surface area contributed by atoms with E-state index >= 15 is 0 Å². The Labute approximate surface area is 275 Å². The van der Waals surface area contributed by atoms with Crippen molar-refractivity contribution in [2.75, 3.05) is 23.8 Å². The summed E-state index contributed by atoms with van der Waals surface area (Å²) >= 11 is 1.26. The highest BCUT2D eigenvalue weighted by atomic mass is 32.2. The summed E-state index contributed by atoms with van der Waals surface area (Å²) in [7, 11) is 0. The number of ether oxygens (including phenoxy) is 1. The van der Waals surface area contributed by atoms with Crippen LogP contribution in [-0.2, 0) is 19.2 Å². The molecule has 47 heavy (non-hydrogen) atoms. The number of carboxylic acids is 1. The molecular formula is C34H37F2N3O7S. The number of aliphatic hydroxyl groups excluding tert-OH is 1. The summed E-state index contributed by atoms with van der Waals surface area (Å²) in [5.74, 6) is -2.46. The molecule has 1 aliphatic rings. The van der Waals surface area contributed by atoms with Gasteiger partial charge in [0.1, 0.15) is 28.7 Å². The van der Waals surface area contributed by atoms with Crippen LogP contribution in [0.4, 0.5) is 14.5 Å². The second-order valence-electron chi connectivity index (χ2n) is 12.1. The lowest BCUT2D eigenvalue weighted by molar-refractivity contribution is -0.139. The van der Waals surface area contributed by atoms with Crippen LogP contribution in [0.5, 0.6) is 5.75 Å². The Morgan fingerprint density at radius 3 is 2.19 bits per heavy atom. The van der Waals surface area contributed by atoms with Crippen molar-refractivity contribution in [1.82, 2.24) is 5.32 Å². The van der Waals surface area contributed by atoms with Gasteiger partial charge in [0.25, 0.3) is 5.91 Å². The number of ketones is 1. The molecule has 0 aromatic heterocycles. The molecule has 1 heterocycles. The Hall–Kier alpha value is -4.33. The first-order chi connectivity index (χ1) is 22.2. The number of nitrogens with one attached hydrogen (secondary N) is 1. The van der Waals surface area contributed by atoms with Crippen molar-refractivity contribution in [1.29, 1.82) is 0 Å². The lowest BCUT2D eigenvalue weighted by atomic mass is 9.81. The van der Waals surface area contributed by atoms with Gasteiger partial charge in [-0.15, -0.1) is 11.8 Å². The van der Waals surface area contributed by atoms with Gasteiger partial charge in [-0.25, -0.2) is 8.78 Å². The third-order valence-corrected chi connectivity index (χ3v) is 9.01. The zero-order valence-corrected chi connectivity index (χ0v) is 26.7. The fourth-order valence-electron chi connectivity index (χ4n) is 5.32. The van der Waals surface area contributed by atoms with E-state index in [0.29, 0.717) is 17.0 Å². The van der Waals surface area contributed by atoms with E-state index in [-0.39, 0.29) is 43.4 Å². The summed E-state index contributed by atoms with van der Waals surface area (Å²) < 4.78 is 32.5. The van der Waals surface area contributed by atoms with Crippen molar-refractivity contribution < 1.29 is 42.9 Å². The lowest BCUT2D eigenvalue weighted by Gasteiger charge is -2.47. The SMILES string of the molecule is CC(C)(CC(=O)CNC(=O)COc1ccc([C@@H]2[C@@H](SCC(O)c3ccc(F)cc3)C(=O)N2c2ccc(F)cc2)cc1)CC(N)C(=O)O. The molecule has 2 amide bonds. The molecule has 3 aromatic carbocycles. The molecule has 0 saturated carbocycles. The van der Waals surface area contributed by atoms with Crippen LogP contribution < -0.4 is 20.7 Å². The van der Waals surface area contributed by atoms with Crippen molar-refractivity contribution in [2.24, 2.45) is 11.1 Å². The molecule has 10 nitrogen and oxygen atoms in total. The van der Waals surface area contributed by atoms with Crippen LogP contribution in [0, 0.1) is 17.0 Å². The number of β-lactam (4-membered cyclic amide) rings is 1. The van der Waals surface area contributed by atoms with E-state index in [2.05, 4.69) is 5.32 Å². The van der Waals surface area contributed by atoms with Crippen LogP contribution in [0.1, 0.15) is 50.0 Å². The zero-order valence-electron chi connectivity index (χ0n) is 25.9. The number of carbonyl (C=O) groups excluding carboxylic acids is 3. The average molecular weight is 670 g/mol. The monoisotopic (exact) mass is 669 g/mol. The molecule has 1 saturated heterocycles. The highest BCUT2D eigenvalue weighted by molar-refractivity contribution is 8.00. The fourth-order valence-corrected chi connectivity index (χ4v) is 6.62. The number of nitrogens with zero attached hydrogens (tertiary/aromatic N) is 1. The number of thioether (sulfide) groups is 1. The molecule has 4 atom stereocenters. The summed E-state index contributed by atoms with van der Waals surface area (Å²) in [5.41, 5.74) is 6.71. The molecule has 1 aliphatic heterocycles. The third-order valence-electron chi connectivity index (χ3n) is 7.68. The van der Waals surface area contributed by atoms with Crippen LogP contribution in [0.15, 0.2) is 72.8 Å². The Kier molecular flexibility index (Phi) is 11.7. The van der Waals surface area contributed by atoms with Gasteiger partial charge in [0, 0.05) is 17.9 Å². The van der Waals surface area contributed by atoms with Crippen LogP contribution in [-0.4, -0.2) is 64.0 Å². The second-order valence-corrected chi connectivity index (χ2v) is 13.3. The van der Waals surface area contributed by atoms with Crippen molar-refractivity contribution >= 4 is 41.0 Å². The maximum atomic E-state index is 13.6. The largest absolute Gasteiger partial charge is 0.484 e. The van der Waals surface area contributed by atoms with E-state index in [1.54, 1.807) is 43.0 Å². The summed E-state index contributed by atoms with van der Waals surface area (Å²) in [4.78, 5) is 50.6. The van der Waals surface area contributed by atoms with Crippen LogP contribution in [0.2, 0.25) is 0 Å². The van der Waals surface area contributed by atoms with E-state index in [9.17, 15) is 33.1 Å². The number of anilines is 1. The maximum absolute atomic E-state index is 13.6. The van der Waals surface area contributed by atoms with E-state index in [1.807, 2.05) is 0 Å². The number of Topliss-reactive ketones (excluding diaryl/α,β-unsaturated/α-hetero) is 1. The quantitative estimate of drug-likeness (QED) is 0.164. The Balaban J connectivity index is 1.35. The molecule has 0 radical (unpaired) electrons. The molecule has 4 rings (SSSR count). The molecule has 13 heteroatoms. The van der Waals surface area contributed by atoms with Gasteiger partial charge in [0.2, 0.25) is 5.91 Å². The minimum Gasteiger partial charge on any atom is -0.484 e. The summed E-state index contributed by atoms with van der Waals surface area (Å²) in [6, 6.07) is 16.3. The number of nitrogens with two attached hydrogens (primary N) is 1. The maximum Gasteiger partial charge on any atom is 0.320 e. The summed E-state index contributed by atoms with van der Waals surface area (Å²) in [6.07, 6.45) is -0.776. The zero-order chi connectivity index (χ0) is 34.3. The number of hydrogen-bond donors (Lipinski definition) is 4. The molecule has 5 N–H and O–H groups in total. The smallest absolute Gasteiger partial charge is 0.320 e. The first kappa shape index (κ1) is 35.5.